The van der Waals surface area contributed by atoms with Crippen molar-refractivity contribution in [2.75, 3.05) is 18.4 Å². The van der Waals surface area contributed by atoms with Crippen molar-refractivity contribution in [3.63, 3.8) is 0 Å². The zero-order valence-corrected chi connectivity index (χ0v) is 11.7. The van der Waals surface area contributed by atoms with E-state index in [0.29, 0.717) is 18.2 Å². The molecule has 0 atom stereocenters. The smallest absolute Gasteiger partial charge is 0.323 e. The van der Waals surface area contributed by atoms with E-state index in [-0.39, 0.29) is 12.6 Å². The predicted molar refractivity (Wildman–Crippen MR) is 74.7 cm³/mol. The molecule has 0 aliphatic heterocycles. The first-order valence-corrected chi connectivity index (χ1v) is 6.67. The van der Waals surface area contributed by atoms with Gasteiger partial charge in [-0.1, -0.05) is 0 Å². The molecule has 0 aromatic carbocycles. The van der Waals surface area contributed by atoms with E-state index in [2.05, 4.69) is 10.3 Å². The van der Waals surface area contributed by atoms with Crippen molar-refractivity contribution in [2.45, 2.75) is 26.7 Å². The van der Waals surface area contributed by atoms with Crippen molar-refractivity contribution < 1.29 is 14.7 Å². The number of aryl methyl sites for hydroxylation is 2. The maximum Gasteiger partial charge on any atom is 0.323 e. The first kappa shape index (κ1) is 14.3. The zero-order chi connectivity index (χ0) is 14.7. The van der Waals surface area contributed by atoms with E-state index >= 15 is 0 Å². The molecule has 0 saturated heterocycles. The Morgan fingerprint density at radius 1 is 1.40 bits per heavy atom. The number of amides is 2. The van der Waals surface area contributed by atoms with Gasteiger partial charge in [-0.05, 0) is 44.7 Å². The van der Waals surface area contributed by atoms with Gasteiger partial charge < -0.3 is 15.3 Å². The minimum absolute atomic E-state index is 0.277. The Morgan fingerprint density at radius 3 is 2.65 bits per heavy atom. The van der Waals surface area contributed by atoms with Crippen molar-refractivity contribution >= 4 is 17.7 Å². The second-order valence-corrected chi connectivity index (χ2v) is 5.23. The van der Waals surface area contributed by atoms with Gasteiger partial charge in [0.2, 0.25) is 0 Å². The van der Waals surface area contributed by atoms with Crippen LogP contribution in [0.15, 0.2) is 12.1 Å². The lowest BCUT2D eigenvalue weighted by Gasteiger charge is -2.21. The van der Waals surface area contributed by atoms with Crippen LogP contribution in [0.1, 0.15) is 24.2 Å². The van der Waals surface area contributed by atoms with Gasteiger partial charge in [0.05, 0.1) is 11.4 Å². The van der Waals surface area contributed by atoms with Crippen LogP contribution in [0.2, 0.25) is 0 Å². The Hall–Kier alpha value is -2.11. The number of aliphatic carboxylic acids is 1. The number of pyridine rings is 1. The van der Waals surface area contributed by atoms with E-state index in [4.69, 9.17) is 5.11 Å². The highest BCUT2D eigenvalue weighted by Crippen LogP contribution is 2.29. The number of anilines is 1. The summed E-state index contributed by atoms with van der Waals surface area (Å²) in [5, 5.41) is 11.6. The van der Waals surface area contributed by atoms with Crippen molar-refractivity contribution in [1.82, 2.24) is 9.88 Å². The Morgan fingerprint density at radius 2 is 2.10 bits per heavy atom. The fourth-order valence-corrected chi connectivity index (χ4v) is 2.01. The van der Waals surface area contributed by atoms with E-state index in [1.807, 2.05) is 19.9 Å². The molecule has 1 aromatic heterocycles. The van der Waals surface area contributed by atoms with Crippen LogP contribution in [-0.4, -0.2) is 40.1 Å². The molecular formula is C14H19N3O3. The minimum atomic E-state index is -1.00. The summed E-state index contributed by atoms with van der Waals surface area (Å²) in [7, 11) is 0. The molecular weight excluding hydrogens is 258 g/mol. The minimum Gasteiger partial charge on any atom is -0.480 e. The van der Waals surface area contributed by atoms with Crippen molar-refractivity contribution in [3.8, 4) is 0 Å². The zero-order valence-electron chi connectivity index (χ0n) is 11.7. The molecule has 0 spiro atoms. The number of carbonyl (C=O) groups excluding carboxylic acids is 1. The number of rotatable bonds is 5. The summed E-state index contributed by atoms with van der Waals surface area (Å²) in [6, 6.07) is 3.21. The molecule has 108 valence electrons. The van der Waals surface area contributed by atoms with Crippen LogP contribution < -0.4 is 5.32 Å². The first-order valence-electron chi connectivity index (χ1n) is 6.67. The van der Waals surface area contributed by atoms with Gasteiger partial charge in [-0.3, -0.25) is 9.78 Å². The molecule has 1 heterocycles. The van der Waals surface area contributed by atoms with Crippen LogP contribution in [0.25, 0.3) is 0 Å². The third kappa shape index (κ3) is 3.94. The molecule has 1 aliphatic carbocycles. The SMILES string of the molecule is Cc1ccc(NC(=O)N(CC(=O)O)CC2CC2)c(C)n1. The number of hydrogen-bond acceptors (Lipinski definition) is 3. The molecule has 1 saturated carbocycles. The summed E-state index contributed by atoms with van der Waals surface area (Å²) in [6.07, 6.45) is 2.13. The Labute approximate surface area is 117 Å². The normalized spacial score (nSPS) is 13.9. The number of aromatic nitrogens is 1. The van der Waals surface area contributed by atoms with Crippen LogP contribution in [0.3, 0.4) is 0 Å². The second-order valence-electron chi connectivity index (χ2n) is 5.23. The summed E-state index contributed by atoms with van der Waals surface area (Å²) in [5.41, 5.74) is 2.22. The van der Waals surface area contributed by atoms with E-state index in [9.17, 15) is 9.59 Å². The first-order chi connectivity index (χ1) is 9.45. The molecule has 1 aromatic rings. The third-order valence-corrected chi connectivity index (χ3v) is 3.26. The van der Waals surface area contributed by atoms with Crippen molar-refractivity contribution in [1.29, 1.82) is 0 Å². The Bertz CT molecular complexity index is 526. The van der Waals surface area contributed by atoms with Gasteiger partial charge in [0.1, 0.15) is 6.54 Å². The molecule has 6 nitrogen and oxygen atoms in total. The fraction of sp³-hybridized carbons (Fsp3) is 0.500. The molecule has 20 heavy (non-hydrogen) atoms. The monoisotopic (exact) mass is 277 g/mol. The number of carbonyl (C=O) groups is 2. The number of urea groups is 1. The van der Waals surface area contributed by atoms with Crippen LogP contribution in [-0.2, 0) is 4.79 Å². The summed E-state index contributed by atoms with van der Waals surface area (Å²) < 4.78 is 0. The predicted octanol–water partition coefficient (Wildman–Crippen LogP) is 2.03. The van der Waals surface area contributed by atoms with Crippen molar-refractivity contribution in [2.24, 2.45) is 5.92 Å². The van der Waals surface area contributed by atoms with Crippen LogP contribution in [0, 0.1) is 19.8 Å². The maximum atomic E-state index is 12.2. The van der Waals surface area contributed by atoms with Gasteiger partial charge in [0, 0.05) is 12.2 Å². The quantitative estimate of drug-likeness (QED) is 0.862. The Balaban J connectivity index is 2.04. The van der Waals surface area contributed by atoms with Gasteiger partial charge in [0.15, 0.2) is 0 Å². The number of nitrogens with zero attached hydrogens (tertiary/aromatic N) is 2. The summed E-state index contributed by atoms with van der Waals surface area (Å²) in [6.45, 7) is 3.91. The molecule has 0 radical (unpaired) electrons. The largest absolute Gasteiger partial charge is 0.480 e. The van der Waals surface area contributed by atoms with E-state index in [1.165, 1.54) is 4.90 Å². The Kier molecular flexibility index (Phi) is 4.22. The lowest BCUT2D eigenvalue weighted by atomic mass is 10.3. The van der Waals surface area contributed by atoms with Gasteiger partial charge in [0.25, 0.3) is 0 Å². The number of carboxylic acid groups (broad SMARTS) is 1. The number of carboxylic acids is 1. The summed E-state index contributed by atoms with van der Waals surface area (Å²) in [4.78, 5) is 28.6. The average molecular weight is 277 g/mol. The highest BCUT2D eigenvalue weighted by atomic mass is 16.4. The number of nitrogens with one attached hydrogen (secondary N) is 1. The van der Waals surface area contributed by atoms with Gasteiger partial charge in [-0.2, -0.15) is 0 Å². The topological polar surface area (TPSA) is 82.5 Å². The highest BCUT2D eigenvalue weighted by Gasteiger charge is 2.28. The summed E-state index contributed by atoms with van der Waals surface area (Å²) in [5.74, 6) is -0.558. The lowest BCUT2D eigenvalue weighted by molar-refractivity contribution is -0.137. The summed E-state index contributed by atoms with van der Waals surface area (Å²) >= 11 is 0. The van der Waals surface area contributed by atoms with Gasteiger partial charge >= 0.3 is 12.0 Å². The highest BCUT2D eigenvalue weighted by molar-refractivity contribution is 5.91. The molecule has 2 rings (SSSR count). The lowest BCUT2D eigenvalue weighted by Crippen LogP contribution is -2.40. The maximum absolute atomic E-state index is 12.2. The molecule has 2 N–H and O–H groups in total. The standard InChI is InChI=1S/C14H19N3O3/c1-9-3-6-12(10(2)15-9)16-14(20)17(8-13(18)19)7-11-4-5-11/h3,6,11H,4-5,7-8H2,1-2H3,(H,16,20)(H,18,19). The van der Waals surface area contributed by atoms with Crippen LogP contribution in [0.5, 0.6) is 0 Å². The average Bonchev–Trinajstić information content (AvgIpc) is 3.15. The number of hydrogen-bond donors (Lipinski definition) is 2. The van der Waals surface area contributed by atoms with Gasteiger partial charge in [-0.25, -0.2) is 4.79 Å². The van der Waals surface area contributed by atoms with E-state index < -0.39 is 5.97 Å². The molecule has 0 bridgehead atoms. The molecule has 0 unspecified atom stereocenters. The van der Waals surface area contributed by atoms with Crippen LogP contribution >= 0.6 is 0 Å². The molecule has 6 heteroatoms. The fourth-order valence-electron chi connectivity index (χ4n) is 2.01. The van der Waals surface area contributed by atoms with E-state index in [1.54, 1.807) is 6.07 Å². The van der Waals surface area contributed by atoms with Crippen LogP contribution in [0.4, 0.5) is 10.5 Å². The van der Waals surface area contributed by atoms with Crippen molar-refractivity contribution in [3.05, 3.63) is 23.5 Å². The molecule has 1 fully saturated rings. The van der Waals surface area contributed by atoms with Gasteiger partial charge in [-0.15, -0.1) is 0 Å². The molecule has 1 aliphatic rings. The van der Waals surface area contributed by atoms with E-state index in [0.717, 1.165) is 24.2 Å². The third-order valence-electron chi connectivity index (χ3n) is 3.26. The second kappa shape index (κ2) is 5.90. The molecule has 2 amide bonds.